The van der Waals surface area contributed by atoms with Crippen molar-refractivity contribution < 1.29 is 0 Å². The molecule has 0 unspecified atom stereocenters. The van der Waals surface area contributed by atoms with Crippen LogP contribution in [-0.4, -0.2) is 0 Å². The molecule has 152 valence electrons. The van der Waals surface area contributed by atoms with Crippen LogP contribution < -0.4 is 4.90 Å². The Hall–Kier alpha value is -3.14. The van der Waals surface area contributed by atoms with Gasteiger partial charge in [-0.15, -0.1) is 0 Å². The summed E-state index contributed by atoms with van der Waals surface area (Å²) in [6.45, 7) is 3.80. The van der Waals surface area contributed by atoms with Gasteiger partial charge in [-0.25, -0.2) is 0 Å². The molecule has 4 aromatic carbocycles. The Kier molecular flexibility index (Phi) is 7.32. The molecule has 4 aromatic rings. The number of hydrogen-bond donors (Lipinski definition) is 0. The zero-order valence-electron chi connectivity index (χ0n) is 17.1. The fourth-order valence-electron chi connectivity index (χ4n) is 3.22. The van der Waals surface area contributed by atoms with Gasteiger partial charge in [0.2, 0.25) is 0 Å². The van der Waals surface area contributed by atoms with E-state index in [0.29, 0.717) is 0 Å². The molecule has 0 atom stereocenters. The minimum atomic E-state index is 1.13. The molecule has 3 heteroatoms. The monoisotopic (exact) mass is 437 g/mol. The summed E-state index contributed by atoms with van der Waals surface area (Å²) in [7, 11) is 0. The summed E-state index contributed by atoms with van der Waals surface area (Å²) in [6, 6.07) is 38.1. The zero-order valence-corrected chi connectivity index (χ0v) is 18.7. The lowest BCUT2D eigenvalue weighted by molar-refractivity contribution is 1.26. The second-order valence-corrected chi connectivity index (χ2v) is 8.79. The molecule has 1 nitrogen and oxygen atoms in total. The molecule has 0 saturated carbocycles. The van der Waals surface area contributed by atoms with E-state index in [1.54, 1.807) is 23.5 Å². The van der Waals surface area contributed by atoms with Crippen LogP contribution in [0.1, 0.15) is 5.56 Å². The number of benzene rings is 4. The van der Waals surface area contributed by atoms with Gasteiger partial charge in [0.25, 0.3) is 0 Å². The van der Waals surface area contributed by atoms with E-state index in [-0.39, 0.29) is 0 Å². The summed E-state index contributed by atoms with van der Waals surface area (Å²) in [6.07, 6.45) is 2.14. The Morgan fingerprint density at radius 2 is 1.03 bits per heavy atom. The van der Waals surface area contributed by atoms with Crippen LogP contribution in [0.5, 0.6) is 0 Å². The van der Waals surface area contributed by atoms with Crippen LogP contribution in [0.25, 0.3) is 6.08 Å². The van der Waals surface area contributed by atoms with Gasteiger partial charge in [-0.2, -0.15) is 0 Å². The predicted molar refractivity (Wildman–Crippen MR) is 139 cm³/mol. The molecule has 0 bridgehead atoms. The van der Waals surface area contributed by atoms with E-state index in [0.717, 1.165) is 17.1 Å². The largest absolute Gasteiger partial charge is 0.311 e. The van der Waals surface area contributed by atoms with Gasteiger partial charge in [-0.1, -0.05) is 78.6 Å². The van der Waals surface area contributed by atoms with E-state index in [9.17, 15) is 0 Å². The Morgan fingerprint density at radius 1 is 0.548 bits per heavy atom. The van der Waals surface area contributed by atoms with Crippen molar-refractivity contribution in [2.45, 2.75) is 9.79 Å². The molecule has 0 fully saturated rings. The minimum Gasteiger partial charge on any atom is -0.311 e. The normalized spacial score (nSPS) is 10.8. The minimum absolute atomic E-state index is 1.13. The summed E-state index contributed by atoms with van der Waals surface area (Å²) in [5.74, 6) is 0. The first kappa shape index (κ1) is 21.1. The summed E-state index contributed by atoms with van der Waals surface area (Å²) in [5.41, 5.74) is 4.60. The van der Waals surface area contributed by atoms with Crippen LogP contribution in [0.2, 0.25) is 0 Å². The first-order valence-electron chi connectivity index (χ1n) is 10.0. The van der Waals surface area contributed by atoms with Crippen LogP contribution in [0, 0.1) is 0 Å². The molecule has 0 aromatic heterocycles. The number of para-hydroxylation sites is 1. The average molecular weight is 438 g/mol. The van der Waals surface area contributed by atoms with Gasteiger partial charge in [0.05, 0.1) is 0 Å². The van der Waals surface area contributed by atoms with E-state index in [1.807, 2.05) is 17.5 Å². The van der Waals surface area contributed by atoms with Crippen LogP contribution in [0.4, 0.5) is 17.1 Å². The smallest absolute Gasteiger partial charge is 0.0462 e. The zero-order chi connectivity index (χ0) is 21.3. The molecular weight excluding hydrogens is 414 g/mol. The lowest BCUT2D eigenvalue weighted by Crippen LogP contribution is -2.09. The van der Waals surface area contributed by atoms with E-state index in [2.05, 4.69) is 120 Å². The molecule has 0 aliphatic heterocycles. The highest BCUT2D eigenvalue weighted by atomic mass is 32.2. The summed E-state index contributed by atoms with van der Waals surface area (Å²) < 4.78 is 0. The number of hydrogen-bond acceptors (Lipinski definition) is 3. The van der Waals surface area contributed by atoms with Crippen molar-refractivity contribution in [3.63, 3.8) is 0 Å². The third-order valence-corrected chi connectivity index (χ3v) is 6.22. The summed E-state index contributed by atoms with van der Waals surface area (Å²) >= 11 is 3.35. The molecule has 0 saturated heterocycles. The van der Waals surface area contributed by atoms with Crippen molar-refractivity contribution in [1.82, 2.24) is 0 Å². The highest BCUT2D eigenvalue weighted by Gasteiger charge is 2.12. The topological polar surface area (TPSA) is 3.24 Å². The first-order chi connectivity index (χ1) is 15.3. The Labute approximate surface area is 193 Å². The molecule has 0 N–H and O–H groups in total. The van der Waals surface area contributed by atoms with Crippen molar-refractivity contribution in [2.75, 3.05) is 4.90 Å². The Balaban J connectivity index is 1.57. The van der Waals surface area contributed by atoms with Crippen molar-refractivity contribution in [3.05, 3.63) is 132 Å². The second-order valence-electron chi connectivity index (χ2n) is 6.77. The summed E-state index contributed by atoms with van der Waals surface area (Å²) in [5, 5.41) is 3.99. The maximum absolute atomic E-state index is 3.80. The van der Waals surface area contributed by atoms with Gasteiger partial charge in [-0.05, 0) is 83.1 Å². The predicted octanol–water partition coefficient (Wildman–Crippen LogP) is 9.15. The standard InChI is InChI=1S/C28H23NS2/c1-2-30-27-17-13-25(14-18-27)29(24-11-7-4-8-12-24)26-15-19-28(20-16-26)31-22-21-23-9-5-3-6-10-23/h2-22H,1H2/b22-21+. The highest BCUT2D eigenvalue weighted by Crippen LogP contribution is 2.36. The quantitative estimate of drug-likeness (QED) is 0.253. The fraction of sp³-hybridized carbons (Fsp3) is 0. The van der Waals surface area contributed by atoms with Gasteiger partial charge >= 0.3 is 0 Å². The van der Waals surface area contributed by atoms with Crippen molar-refractivity contribution >= 4 is 46.7 Å². The third kappa shape index (κ3) is 5.72. The third-order valence-electron chi connectivity index (χ3n) is 4.69. The maximum Gasteiger partial charge on any atom is 0.0462 e. The van der Waals surface area contributed by atoms with Crippen LogP contribution >= 0.6 is 23.5 Å². The SMILES string of the molecule is C=CSc1ccc(N(c2ccccc2)c2ccc(S/C=C/c3ccccc3)cc2)cc1. The molecule has 0 spiro atoms. The van der Waals surface area contributed by atoms with Gasteiger partial charge in [0.15, 0.2) is 0 Å². The average Bonchev–Trinajstić information content (AvgIpc) is 2.83. The van der Waals surface area contributed by atoms with Gasteiger partial charge in [0.1, 0.15) is 0 Å². The molecule has 4 rings (SSSR count). The van der Waals surface area contributed by atoms with Crippen molar-refractivity contribution in [2.24, 2.45) is 0 Å². The molecule has 0 aliphatic carbocycles. The van der Waals surface area contributed by atoms with Gasteiger partial charge < -0.3 is 4.90 Å². The Morgan fingerprint density at radius 3 is 1.58 bits per heavy atom. The maximum atomic E-state index is 3.80. The van der Waals surface area contributed by atoms with Crippen LogP contribution in [0.3, 0.4) is 0 Å². The number of anilines is 3. The molecule has 31 heavy (non-hydrogen) atoms. The fourth-order valence-corrected chi connectivity index (χ4v) is 4.38. The number of nitrogens with zero attached hydrogens (tertiary/aromatic N) is 1. The van der Waals surface area contributed by atoms with Gasteiger partial charge in [0, 0.05) is 26.9 Å². The highest BCUT2D eigenvalue weighted by molar-refractivity contribution is 8.02. The van der Waals surface area contributed by atoms with Crippen LogP contribution in [-0.2, 0) is 0 Å². The lowest BCUT2D eigenvalue weighted by Gasteiger charge is -2.25. The molecule has 0 radical (unpaired) electrons. The molecular formula is C28H23NS2. The van der Waals surface area contributed by atoms with Crippen molar-refractivity contribution in [3.8, 4) is 0 Å². The van der Waals surface area contributed by atoms with E-state index >= 15 is 0 Å². The number of thioether (sulfide) groups is 2. The van der Waals surface area contributed by atoms with E-state index in [1.165, 1.54) is 15.4 Å². The van der Waals surface area contributed by atoms with Gasteiger partial charge in [-0.3, -0.25) is 0 Å². The summed E-state index contributed by atoms with van der Waals surface area (Å²) in [4.78, 5) is 4.67. The Bertz CT molecular complexity index is 1120. The first-order valence-corrected chi connectivity index (χ1v) is 11.8. The second kappa shape index (κ2) is 10.8. The van der Waals surface area contributed by atoms with E-state index in [4.69, 9.17) is 0 Å². The molecule has 0 heterocycles. The van der Waals surface area contributed by atoms with Crippen LogP contribution in [0.15, 0.2) is 136 Å². The number of rotatable bonds is 8. The van der Waals surface area contributed by atoms with Crippen molar-refractivity contribution in [1.29, 1.82) is 0 Å². The molecule has 0 aliphatic rings. The van der Waals surface area contributed by atoms with E-state index < -0.39 is 0 Å². The lowest BCUT2D eigenvalue weighted by atomic mass is 10.2. The molecule has 0 amide bonds.